The van der Waals surface area contributed by atoms with Crippen LogP contribution in [0, 0.1) is 0 Å². The van der Waals surface area contributed by atoms with E-state index in [1.54, 1.807) is 12.3 Å². The number of carbonyl (C=O) groups excluding carboxylic acids is 2. The highest BCUT2D eigenvalue weighted by molar-refractivity contribution is 8.26. The molecule has 2 aromatic carbocycles. The number of benzene rings is 2. The largest absolute Gasteiger partial charge is 0.494 e. The quantitative estimate of drug-likeness (QED) is 0.301. The van der Waals surface area contributed by atoms with Crippen LogP contribution in [0.4, 0.5) is 5.13 Å². The van der Waals surface area contributed by atoms with Crippen LogP contribution in [-0.4, -0.2) is 39.2 Å². The van der Waals surface area contributed by atoms with Crippen molar-refractivity contribution < 1.29 is 14.3 Å². The Balaban J connectivity index is 1.36. The van der Waals surface area contributed by atoms with E-state index < -0.39 is 0 Å². The summed E-state index contributed by atoms with van der Waals surface area (Å²) >= 11 is 14.1. The summed E-state index contributed by atoms with van der Waals surface area (Å²) in [4.78, 5) is 32.4. The Bertz CT molecular complexity index is 1260. The van der Waals surface area contributed by atoms with Gasteiger partial charge in [-0.15, -0.1) is 11.3 Å². The van der Waals surface area contributed by atoms with Gasteiger partial charge < -0.3 is 10.1 Å². The van der Waals surface area contributed by atoms with Gasteiger partial charge in [0.2, 0.25) is 5.91 Å². The minimum absolute atomic E-state index is 0.176. The highest BCUT2D eigenvalue weighted by Gasteiger charge is 2.33. The molecule has 0 saturated carbocycles. The van der Waals surface area contributed by atoms with E-state index in [-0.39, 0.29) is 18.4 Å². The predicted molar refractivity (Wildman–Crippen MR) is 142 cm³/mol. The number of amides is 2. The summed E-state index contributed by atoms with van der Waals surface area (Å²) in [5.41, 5.74) is 1.84. The molecule has 3 aromatic rings. The van der Waals surface area contributed by atoms with Crippen LogP contribution in [-0.2, 0) is 16.0 Å². The molecule has 4 rings (SSSR count). The number of thioether (sulfide) groups is 1. The standard InChI is InChI=1S/C24H20ClN3O3S3/c1-2-31-17-9-7-15(8-10-17)11-20-22(30)28(24(32)34-20)14-21(29)27-23-26-13-18(33-23)12-16-5-3-4-6-19(16)25/h3-11,13H,2,12,14H2,1H3,(H,26,27,29)/b20-11-. The van der Waals surface area contributed by atoms with Crippen molar-refractivity contribution in [2.45, 2.75) is 13.3 Å². The van der Waals surface area contributed by atoms with Crippen molar-refractivity contribution in [2.75, 3.05) is 18.5 Å². The number of nitrogens with zero attached hydrogens (tertiary/aromatic N) is 2. The third-order valence-electron chi connectivity index (χ3n) is 4.79. The first kappa shape index (κ1) is 24.4. The molecule has 0 unspecified atom stereocenters. The van der Waals surface area contributed by atoms with Crippen molar-refractivity contribution in [3.63, 3.8) is 0 Å². The van der Waals surface area contributed by atoms with Gasteiger partial charge >= 0.3 is 0 Å². The molecule has 0 aliphatic carbocycles. The molecule has 10 heteroatoms. The molecule has 1 N–H and O–H groups in total. The molecular weight excluding hydrogens is 510 g/mol. The summed E-state index contributed by atoms with van der Waals surface area (Å²) in [6, 6.07) is 15.0. The SMILES string of the molecule is CCOc1ccc(/C=C2\SC(=S)N(CC(=O)Nc3ncc(Cc4ccccc4Cl)s3)C2=O)cc1. The van der Waals surface area contributed by atoms with Crippen LogP contribution in [0.3, 0.4) is 0 Å². The van der Waals surface area contributed by atoms with Gasteiger partial charge in [-0.2, -0.15) is 0 Å². The van der Waals surface area contributed by atoms with Crippen molar-refractivity contribution in [1.29, 1.82) is 0 Å². The number of carbonyl (C=O) groups is 2. The lowest BCUT2D eigenvalue weighted by Crippen LogP contribution is -2.36. The van der Waals surface area contributed by atoms with Crippen molar-refractivity contribution in [2.24, 2.45) is 0 Å². The van der Waals surface area contributed by atoms with E-state index in [1.807, 2.05) is 55.5 Å². The maximum Gasteiger partial charge on any atom is 0.266 e. The molecular formula is C24H20ClN3O3S3. The van der Waals surface area contributed by atoms with Crippen LogP contribution in [0.5, 0.6) is 5.75 Å². The summed E-state index contributed by atoms with van der Waals surface area (Å²) < 4.78 is 5.78. The maximum atomic E-state index is 12.8. The van der Waals surface area contributed by atoms with E-state index in [2.05, 4.69) is 10.3 Å². The fraction of sp³-hybridized carbons (Fsp3) is 0.167. The maximum absolute atomic E-state index is 12.8. The van der Waals surface area contributed by atoms with E-state index in [9.17, 15) is 9.59 Å². The molecule has 1 aromatic heterocycles. The number of rotatable bonds is 8. The molecule has 1 saturated heterocycles. The lowest BCUT2D eigenvalue weighted by molar-refractivity contribution is -0.126. The molecule has 2 amide bonds. The van der Waals surface area contributed by atoms with Gasteiger partial charge in [0.05, 0.1) is 11.5 Å². The second kappa shape index (κ2) is 11.1. The smallest absolute Gasteiger partial charge is 0.266 e. The second-order valence-corrected chi connectivity index (χ2v) is 10.4. The van der Waals surface area contributed by atoms with Crippen molar-refractivity contribution >= 4 is 74.3 Å². The summed E-state index contributed by atoms with van der Waals surface area (Å²) in [5.74, 6) is 0.107. The first-order valence-electron chi connectivity index (χ1n) is 10.4. The van der Waals surface area contributed by atoms with Gasteiger partial charge in [-0.1, -0.05) is 65.9 Å². The Morgan fingerprint density at radius 3 is 2.74 bits per heavy atom. The predicted octanol–water partition coefficient (Wildman–Crippen LogP) is 5.63. The zero-order valence-electron chi connectivity index (χ0n) is 18.1. The number of hydrogen-bond donors (Lipinski definition) is 1. The number of thiocarbonyl (C=S) groups is 1. The van der Waals surface area contributed by atoms with Crippen LogP contribution in [0.25, 0.3) is 6.08 Å². The molecule has 34 heavy (non-hydrogen) atoms. The van der Waals surface area contributed by atoms with Crippen LogP contribution >= 0.6 is 46.9 Å². The Labute approximate surface area is 216 Å². The zero-order chi connectivity index (χ0) is 24.1. The van der Waals surface area contributed by atoms with Crippen LogP contribution in [0.2, 0.25) is 5.02 Å². The average Bonchev–Trinajstić information content (AvgIpc) is 3.36. The average molecular weight is 530 g/mol. The van der Waals surface area contributed by atoms with E-state index >= 15 is 0 Å². The van der Waals surface area contributed by atoms with Gasteiger partial charge in [0.15, 0.2) is 5.13 Å². The molecule has 0 atom stereocenters. The molecule has 2 heterocycles. The number of nitrogens with one attached hydrogen (secondary N) is 1. The van der Waals surface area contributed by atoms with Gasteiger partial charge in [-0.05, 0) is 42.3 Å². The van der Waals surface area contributed by atoms with Gasteiger partial charge in [0, 0.05) is 22.5 Å². The van der Waals surface area contributed by atoms with Crippen molar-refractivity contribution in [1.82, 2.24) is 9.88 Å². The second-order valence-electron chi connectivity index (χ2n) is 7.22. The molecule has 0 radical (unpaired) electrons. The van der Waals surface area contributed by atoms with Crippen molar-refractivity contribution in [3.05, 3.63) is 80.7 Å². The van der Waals surface area contributed by atoms with Gasteiger partial charge in [0.25, 0.3) is 5.91 Å². The summed E-state index contributed by atoms with van der Waals surface area (Å²) in [6.45, 7) is 2.33. The first-order chi connectivity index (χ1) is 16.4. The normalized spacial score (nSPS) is 14.6. The minimum Gasteiger partial charge on any atom is -0.494 e. The van der Waals surface area contributed by atoms with Gasteiger partial charge in [-0.25, -0.2) is 4.98 Å². The highest BCUT2D eigenvalue weighted by atomic mass is 35.5. The minimum atomic E-state index is -0.364. The Morgan fingerprint density at radius 1 is 1.24 bits per heavy atom. The first-order valence-corrected chi connectivity index (χ1v) is 12.8. The fourth-order valence-corrected chi connectivity index (χ4v) is 5.50. The molecule has 174 valence electrons. The molecule has 6 nitrogen and oxygen atoms in total. The lowest BCUT2D eigenvalue weighted by Gasteiger charge is -2.13. The summed E-state index contributed by atoms with van der Waals surface area (Å²) in [6.07, 6.45) is 4.09. The molecule has 1 aliphatic rings. The Kier molecular flexibility index (Phi) is 7.99. The number of halogens is 1. The third kappa shape index (κ3) is 6.04. The molecule has 1 aliphatic heterocycles. The Morgan fingerprint density at radius 2 is 2.00 bits per heavy atom. The Hall–Kier alpha value is -2.72. The summed E-state index contributed by atoms with van der Waals surface area (Å²) in [7, 11) is 0. The number of hydrogen-bond acceptors (Lipinski definition) is 7. The third-order valence-corrected chi connectivity index (χ3v) is 7.45. The van der Waals surface area contributed by atoms with Crippen LogP contribution < -0.4 is 10.1 Å². The molecule has 0 spiro atoms. The van der Waals surface area contributed by atoms with Gasteiger partial charge in [0.1, 0.15) is 16.6 Å². The number of thiazole rings is 1. The van der Waals surface area contributed by atoms with Crippen LogP contribution in [0.1, 0.15) is 22.9 Å². The van der Waals surface area contributed by atoms with Gasteiger partial charge in [-0.3, -0.25) is 14.5 Å². The van der Waals surface area contributed by atoms with E-state index in [0.717, 1.165) is 21.8 Å². The number of ether oxygens (including phenoxy) is 1. The van der Waals surface area contributed by atoms with E-state index in [0.29, 0.717) is 32.4 Å². The lowest BCUT2D eigenvalue weighted by atomic mass is 10.1. The van der Waals surface area contributed by atoms with Crippen molar-refractivity contribution in [3.8, 4) is 5.75 Å². The van der Waals surface area contributed by atoms with E-state index in [1.165, 1.54) is 28.0 Å². The topological polar surface area (TPSA) is 71.5 Å². The summed E-state index contributed by atoms with van der Waals surface area (Å²) in [5, 5.41) is 3.90. The molecule has 1 fully saturated rings. The highest BCUT2D eigenvalue weighted by Crippen LogP contribution is 2.33. The number of anilines is 1. The van der Waals surface area contributed by atoms with E-state index in [4.69, 9.17) is 28.6 Å². The fourth-order valence-electron chi connectivity index (χ4n) is 3.19. The monoisotopic (exact) mass is 529 g/mol. The molecule has 0 bridgehead atoms. The number of aromatic nitrogens is 1. The van der Waals surface area contributed by atoms with Crippen LogP contribution in [0.15, 0.2) is 59.6 Å². The zero-order valence-corrected chi connectivity index (χ0v) is 21.3.